The summed E-state index contributed by atoms with van der Waals surface area (Å²) in [5.74, 6) is -2.37. The van der Waals surface area contributed by atoms with Gasteiger partial charge < -0.3 is 15.7 Å². The standard InChI is InChI=1S/C28H24N2O3/c1-16-7-11-18(12-8-16)29-22-15-23(30-19-13-9-17(2)10-14-19)28(33)25-24(22)26(31)20-5-3-4-6-21(20)27(25)32/h3-15,24-25,29-30,33H,1-2H3/t24-,25+/m0/s1. The molecule has 0 heterocycles. The van der Waals surface area contributed by atoms with E-state index in [9.17, 15) is 14.7 Å². The maximum absolute atomic E-state index is 13.5. The molecular formula is C28H24N2O3. The predicted molar refractivity (Wildman–Crippen MR) is 129 cm³/mol. The van der Waals surface area contributed by atoms with Gasteiger partial charge in [0.1, 0.15) is 5.76 Å². The first kappa shape index (κ1) is 20.8. The second-order valence-electron chi connectivity index (χ2n) is 8.61. The number of rotatable bonds is 4. The van der Waals surface area contributed by atoms with Crippen LogP contribution in [-0.4, -0.2) is 16.7 Å². The van der Waals surface area contributed by atoms with Gasteiger partial charge in [0.15, 0.2) is 11.6 Å². The summed E-state index contributed by atoms with van der Waals surface area (Å²) in [6.07, 6.45) is 1.73. The van der Waals surface area contributed by atoms with Crippen molar-refractivity contribution in [2.75, 3.05) is 10.6 Å². The first-order valence-corrected chi connectivity index (χ1v) is 10.9. The van der Waals surface area contributed by atoms with E-state index in [-0.39, 0.29) is 17.3 Å². The van der Waals surface area contributed by atoms with Gasteiger partial charge in [0.2, 0.25) is 0 Å². The lowest BCUT2D eigenvalue weighted by atomic mass is 9.69. The molecule has 2 atom stereocenters. The second kappa shape index (κ2) is 8.10. The largest absolute Gasteiger partial charge is 0.509 e. The maximum atomic E-state index is 13.5. The molecule has 3 aromatic carbocycles. The molecule has 5 heteroatoms. The highest BCUT2D eigenvalue weighted by molar-refractivity contribution is 6.18. The molecule has 2 aliphatic carbocycles. The number of ketones is 2. The average molecular weight is 437 g/mol. The zero-order valence-electron chi connectivity index (χ0n) is 18.4. The third-order valence-corrected chi connectivity index (χ3v) is 6.23. The highest BCUT2D eigenvalue weighted by atomic mass is 16.3. The summed E-state index contributed by atoms with van der Waals surface area (Å²) >= 11 is 0. The first-order valence-electron chi connectivity index (χ1n) is 10.9. The predicted octanol–water partition coefficient (Wildman–Crippen LogP) is 5.81. The van der Waals surface area contributed by atoms with Crippen LogP contribution >= 0.6 is 0 Å². The number of fused-ring (bicyclic) bond motifs is 2. The molecule has 0 saturated carbocycles. The summed E-state index contributed by atoms with van der Waals surface area (Å²) in [7, 11) is 0. The van der Waals surface area contributed by atoms with Crippen molar-refractivity contribution in [3.63, 3.8) is 0 Å². The van der Waals surface area contributed by atoms with Crippen LogP contribution in [0, 0.1) is 25.7 Å². The van der Waals surface area contributed by atoms with E-state index >= 15 is 0 Å². The molecule has 0 saturated heterocycles. The Bertz CT molecular complexity index is 1320. The van der Waals surface area contributed by atoms with Crippen LogP contribution in [0.5, 0.6) is 0 Å². The minimum atomic E-state index is -0.988. The van der Waals surface area contributed by atoms with Gasteiger partial charge in [-0.3, -0.25) is 9.59 Å². The molecule has 2 aliphatic rings. The van der Waals surface area contributed by atoms with Gasteiger partial charge >= 0.3 is 0 Å². The van der Waals surface area contributed by atoms with E-state index < -0.39 is 11.8 Å². The molecule has 0 fully saturated rings. The maximum Gasteiger partial charge on any atom is 0.175 e. The van der Waals surface area contributed by atoms with E-state index in [2.05, 4.69) is 10.6 Å². The van der Waals surface area contributed by atoms with Gasteiger partial charge in [0, 0.05) is 28.2 Å². The fourth-order valence-electron chi connectivity index (χ4n) is 4.45. The summed E-state index contributed by atoms with van der Waals surface area (Å²) in [4.78, 5) is 27.0. The Labute approximate surface area is 192 Å². The van der Waals surface area contributed by atoms with Crippen LogP contribution in [0.1, 0.15) is 31.8 Å². The fraction of sp³-hybridized carbons (Fsp3) is 0.143. The highest BCUT2D eigenvalue weighted by Crippen LogP contribution is 2.42. The van der Waals surface area contributed by atoms with Crippen LogP contribution < -0.4 is 10.6 Å². The lowest BCUT2D eigenvalue weighted by Gasteiger charge is -2.36. The normalized spacial score (nSPS) is 19.5. The second-order valence-corrected chi connectivity index (χ2v) is 8.61. The minimum absolute atomic E-state index is 0.122. The summed E-state index contributed by atoms with van der Waals surface area (Å²) < 4.78 is 0. The number of carbonyl (C=O) groups is 2. The quantitative estimate of drug-likeness (QED) is 0.481. The van der Waals surface area contributed by atoms with Crippen molar-refractivity contribution in [1.82, 2.24) is 0 Å². The third kappa shape index (κ3) is 3.72. The number of Topliss-reactive ketones (excluding diaryl/α,β-unsaturated/α-hetero) is 2. The summed E-state index contributed by atoms with van der Waals surface area (Å²) in [6, 6.07) is 22.4. The van der Waals surface area contributed by atoms with Crippen molar-refractivity contribution in [3.05, 3.63) is 118 Å². The number of carbonyl (C=O) groups excluding carboxylic acids is 2. The number of hydrogen-bond acceptors (Lipinski definition) is 5. The van der Waals surface area contributed by atoms with Gasteiger partial charge in [0.25, 0.3) is 0 Å². The van der Waals surface area contributed by atoms with Crippen molar-refractivity contribution < 1.29 is 14.7 Å². The number of anilines is 2. The van der Waals surface area contributed by atoms with Crippen LogP contribution in [0.15, 0.2) is 96.0 Å². The van der Waals surface area contributed by atoms with Crippen LogP contribution in [-0.2, 0) is 0 Å². The molecule has 0 amide bonds. The van der Waals surface area contributed by atoms with Crippen molar-refractivity contribution in [2.45, 2.75) is 13.8 Å². The van der Waals surface area contributed by atoms with Gasteiger partial charge in [-0.15, -0.1) is 0 Å². The van der Waals surface area contributed by atoms with Gasteiger partial charge in [0.05, 0.1) is 17.5 Å². The molecule has 0 unspecified atom stereocenters. The smallest absolute Gasteiger partial charge is 0.175 e. The third-order valence-electron chi connectivity index (χ3n) is 6.23. The number of aryl methyl sites for hydroxylation is 2. The Morgan fingerprint density at radius 3 is 1.70 bits per heavy atom. The van der Waals surface area contributed by atoms with Gasteiger partial charge in [-0.05, 0) is 44.2 Å². The first-order chi connectivity index (χ1) is 15.9. The summed E-state index contributed by atoms with van der Waals surface area (Å²) in [6.45, 7) is 4.00. The SMILES string of the molecule is Cc1ccc(NC2=CC(Nc3ccc(C)cc3)=C(O)[C@H]3C(=O)c4ccccc4C(=O)[C@@H]23)cc1. The van der Waals surface area contributed by atoms with E-state index in [0.29, 0.717) is 22.5 Å². The topological polar surface area (TPSA) is 78.4 Å². The van der Waals surface area contributed by atoms with E-state index in [1.807, 2.05) is 62.4 Å². The van der Waals surface area contributed by atoms with E-state index in [4.69, 9.17) is 0 Å². The Morgan fingerprint density at radius 1 is 0.667 bits per heavy atom. The van der Waals surface area contributed by atoms with Crippen molar-refractivity contribution >= 4 is 22.9 Å². The number of allylic oxidation sites excluding steroid dienone is 3. The minimum Gasteiger partial charge on any atom is -0.509 e. The Morgan fingerprint density at radius 2 is 1.15 bits per heavy atom. The van der Waals surface area contributed by atoms with E-state index in [1.165, 1.54) is 0 Å². The monoisotopic (exact) mass is 436 g/mol. The van der Waals surface area contributed by atoms with Gasteiger partial charge in [-0.25, -0.2) is 0 Å². The molecular weight excluding hydrogens is 412 g/mol. The van der Waals surface area contributed by atoms with Crippen molar-refractivity contribution in [2.24, 2.45) is 11.8 Å². The Hall–Kier alpha value is -4.12. The summed E-state index contributed by atoms with van der Waals surface area (Å²) in [5.41, 5.74) is 5.53. The zero-order chi connectivity index (χ0) is 23.1. The molecule has 33 heavy (non-hydrogen) atoms. The van der Waals surface area contributed by atoms with Gasteiger partial charge in [-0.1, -0.05) is 59.7 Å². The van der Waals surface area contributed by atoms with E-state index in [0.717, 1.165) is 22.5 Å². The van der Waals surface area contributed by atoms with Crippen LogP contribution in [0.2, 0.25) is 0 Å². The number of benzene rings is 3. The number of hydrogen-bond donors (Lipinski definition) is 3. The fourth-order valence-corrected chi connectivity index (χ4v) is 4.45. The Kier molecular flexibility index (Phi) is 5.09. The number of aliphatic hydroxyl groups excluding tert-OH is 1. The average Bonchev–Trinajstić information content (AvgIpc) is 2.82. The lowest BCUT2D eigenvalue weighted by Crippen LogP contribution is -2.42. The molecule has 5 rings (SSSR count). The number of aliphatic hydroxyl groups is 1. The van der Waals surface area contributed by atoms with Gasteiger partial charge in [-0.2, -0.15) is 0 Å². The molecule has 0 aliphatic heterocycles. The van der Waals surface area contributed by atoms with Crippen LogP contribution in [0.25, 0.3) is 0 Å². The van der Waals surface area contributed by atoms with Crippen molar-refractivity contribution in [1.29, 1.82) is 0 Å². The molecule has 0 bridgehead atoms. The molecule has 3 aromatic rings. The lowest BCUT2D eigenvalue weighted by molar-refractivity contribution is 0.0748. The van der Waals surface area contributed by atoms with Crippen LogP contribution in [0.4, 0.5) is 11.4 Å². The molecule has 5 nitrogen and oxygen atoms in total. The molecule has 0 aromatic heterocycles. The van der Waals surface area contributed by atoms with Crippen molar-refractivity contribution in [3.8, 4) is 0 Å². The Balaban J connectivity index is 1.61. The molecule has 164 valence electrons. The van der Waals surface area contributed by atoms with E-state index in [1.54, 1.807) is 30.3 Å². The molecule has 3 N–H and O–H groups in total. The van der Waals surface area contributed by atoms with Crippen LogP contribution in [0.3, 0.4) is 0 Å². The molecule has 0 radical (unpaired) electrons. The summed E-state index contributed by atoms with van der Waals surface area (Å²) in [5, 5.41) is 17.7. The highest BCUT2D eigenvalue weighted by Gasteiger charge is 2.48. The zero-order valence-corrected chi connectivity index (χ0v) is 18.4. The molecule has 0 spiro atoms. The number of nitrogens with one attached hydrogen (secondary N) is 2.